The standard InChI is InChI=1S/C14H13BrN2OS/c1-9-7-11(15)8-16-14(9)19-13-5-3-12(4-6-13)17-10(2)18/h3-8H,1-2H3,(H,17,18). The Morgan fingerprint density at radius 1 is 1.32 bits per heavy atom. The topological polar surface area (TPSA) is 42.0 Å². The third-order valence-electron chi connectivity index (χ3n) is 2.39. The zero-order valence-electron chi connectivity index (χ0n) is 10.6. The maximum absolute atomic E-state index is 10.9. The summed E-state index contributed by atoms with van der Waals surface area (Å²) in [7, 11) is 0. The van der Waals surface area contributed by atoms with Crippen molar-refractivity contribution < 1.29 is 4.79 Å². The normalized spacial score (nSPS) is 10.3. The Labute approximate surface area is 125 Å². The molecule has 3 nitrogen and oxygen atoms in total. The predicted octanol–water partition coefficient (Wildman–Crippen LogP) is 4.26. The maximum atomic E-state index is 10.9. The van der Waals surface area contributed by atoms with Crippen molar-refractivity contribution >= 4 is 39.3 Å². The van der Waals surface area contributed by atoms with Crippen molar-refractivity contribution in [2.75, 3.05) is 5.32 Å². The lowest BCUT2D eigenvalue weighted by atomic mass is 10.3. The fourth-order valence-electron chi connectivity index (χ4n) is 1.56. The summed E-state index contributed by atoms with van der Waals surface area (Å²) >= 11 is 5.01. The second kappa shape index (κ2) is 6.21. The number of anilines is 1. The zero-order valence-corrected chi connectivity index (χ0v) is 13.0. The van der Waals surface area contributed by atoms with Crippen LogP contribution in [0.1, 0.15) is 12.5 Å². The van der Waals surface area contributed by atoms with Gasteiger partial charge in [0.05, 0.1) is 0 Å². The summed E-state index contributed by atoms with van der Waals surface area (Å²) in [4.78, 5) is 16.4. The van der Waals surface area contributed by atoms with Crippen LogP contribution in [0, 0.1) is 6.92 Å². The number of aryl methyl sites for hydroxylation is 1. The molecule has 0 atom stereocenters. The van der Waals surface area contributed by atoms with E-state index in [1.165, 1.54) is 6.92 Å². The van der Waals surface area contributed by atoms with Crippen molar-refractivity contribution in [3.63, 3.8) is 0 Å². The first-order valence-corrected chi connectivity index (χ1v) is 7.33. The number of nitrogens with one attached hydrogen (secondary N) is 1. The van der Waals surface area contributed by atoms with Gasteiger partial charge in [-0.2, -0.15) is 0 Å². The summed E-state index contributed by atoms with van der Waals surface area (Å²) in [6.07, 6.45) is 1.79. The van der Waals surface area contributed by atoms with Gasteiger partial charge in [-0.05, 0) is 58.7 Å². The Hall–Kier alpha value is -1.33. The molecule has 1 N–H and O–H groups in total. The molecule has 0 aliphatic rings. The highest BCUT2D eigenvalue weighted by Crippen LogP contribution is 2.30. The summed E-state index contributed by atoms with van der Waals surface area (Å²) in [5, 5.41) is 3.73. The number of amides is 1. The summed E-state index contributed by atoms with van der Waals surface area (Å²) in [5.74, 6) is -0.0641. The van der Waals surface area contributed by atoms with Gasteiger partial charge in [0, 0.05) is 28.2 Å². The Morgan fingerprint density at radius 3 is 2.58 bits per heavy atom. The number of aromatic nitrogens is 1. The van der Waals surface area contributed by atoms with Crippen molar-refractivity contribution in [2.24, 2.45) is 0 Å². The number of rotatable bonds is 3. The van der Waals surface area contributed by atoms with Crippen LogP contribution in [0.25, 0.3) is 0 Å². The van der Waals surface area contributed by atoms with Gasteiger partial charge in [-0.1, -0.05) is 11.8 Å². The van der Waals surface area contributed by atoms with Crippen LogP contribution in [-0.2, 0) is 4.79 Å². The monoisotopic (exact) mass is 336 g/mol. The lowest BCUT2D eigenvalue weighted by Crippen LogP contribution is -2.05. The Balaban J connectivity index is 2.13. The van der Waals surface area contributed by atoms with Gasteiger partial charge >= 0.3 is 0 Å². The highest BCUT2D eigenvalue weighted by atomic mass is 79.9. The molecule has 1 aromatic carbocycles. The molecular formula is C14H13BrN2OS. The average molecular weight is 337 g/mol. The molecule has 0 aliphatic heterocycles. The lowest BCUT2D eigenvalue weighted by Gasteiger charge is -2.06. The zero-order chi connectivity index (χ0) is 13.8. The predicted molar refractivity (Wildman–Crippen MR) is 81.5 cm³/mol. The van der Waals surface area contributed by atoms with Gasteiger partial charge < -0.3 is 5.32 Å². The molecule has 0 bridgehead atoms. The Morgan fingerprint density at radius 2 is 2.00 bits per heavy atom. The van der Waals surface area contributed by atoms with Crippen LogP contribution in [0.3, 0.4) is 0 Å². The lowest BCUT2D eigenvalue weighted by molar-refractivity contribution is -0.114. The molecule has 0 saturated carbocycles. The first-order valence-electron chi connectivity index (χ1n) is 5.72. The quantitative estimate of drug-likeness (QED) is 0.910. The first-order chi connectivity index (χ1) is 9.04. The number of carbonyl (C=O) groups excluding carboxylic acids is 1. The van der Waals surface area contributed by atoms with Crippen LogP contribution < -0.4 is 5.32 Å². The molecule has 0 unspecified atom stereocenters. The van der Waals surface area contributed by atoms with Gasteiger partial charge in [0.2, 0.25) is 5.91 Å². The molecule has 0 radical (unpaired) electrons. The molecule has 0 saturated heterocycles. The molecule has 2 rings (SSSR count). The summed E-state index contributed by atoms with van der Waals surface area (Å²) in [5.41, 5.74) is 1.93. The second-order valence-corrected chi connectivity index (χ2v) is 6.06. The van der Waals surface area contributed by atoms with E-state index >= 15 is 0 Å². The SMILES string of the molecule is CC(=O)Nc1ccc(Sc2ncc(Br)cc2C)cc1. The molecule has 1 heterocycles. The van der Waals surface area contributed by atoms with Gasteiger partial charge in [-0.15, -0.1) is 0 Å². The molecule has 5 heteroatoms. The minimum Gasteiger partial charge on any atom is -0.326 e. The molecule has 0 spiro atoms. The van der Waals surface area contributed by atoms with E-state index in [0.29, 0.717) is 0 Å². The van der Waals surface area contributed by atoms with Crippen molar-refractivity contribution in [1.29, 1.82) is 0 Å². The van der Waals surface area contributed by atoms with E-state index in [1.54, 1.807) is 18.0 Å². The van der Waals surface area contributed by atoms with E-state index in [9.17, 15) is 4.79 Å². The van der Waals surface area contributed by atoms with Crippen molar-refractivity contribution in [1.82, 2.24) is 4.98 Å². The van der Waals surface area contributed by atoms with E-state index in [-0.39, 0.29) is 5.91 Å². The number of hydrogen-bond donors (Lipinski definition) is 1. The molecule has 1 aromatic heterocycles. The average Bonchev–Trinajstić information content (AvgIpc) is 2.34. The van der Waals surface area contributed by atoms with Crippen LogP contribution in [0.5, 0.6) is 0 Å². The number of carbonyl (C=O) groups is 1. The molecule has 0 aliphatic carbocycles. The molecule has 1 amide bonds. The van der Waals surface area contributed by atoms with Crippen LogP contribution in [0.15, 0.2) is 50.9 Å². The molecule has 19 heavy (non-hydrogen) atoms. The van der Waals surface area contributed by atoms with Crippen LogP contribution in [0.4, 0.5) is 5.69 Å². The molecule has 98 valence electrons. The molecular weight excluding hydrogens is 324 g/mol. The molecule has 0 fully saturated rings. The van der Waals surface area contributed by atoms with Crippen LogP contribution in [-0.4, -0.2) is 10.9 Å². The maximum Gasteiger partial charge on any atom is 0.221 e. The van der Waals surface area contributed by atoms with Gasteiger partial charge in [-0.3, -0.25) is 4.79 Å². The fraction of sp³-hybridized carbons (Fsp3) is 0.143. The Kier molecular flexibility index (Phi) is 4.61. The third-order valence-corrected chi connectivity index (χ3v) is 3.95. The minimum absolute atomic E-state index is 0.0641. The number of halogens is 1. The third kappa shape index (κ3) is 4.08. The second-order valence-electron chi connectivity index (χ2n) is 4.08. The first kappa shape index (κ1) is 14.1. The highest BCUT2D eigenvalue weighted by Gasteiger charge is 2.04. The number of benzene rings is 1. The summed E-state index contributed by atoms with van der Waals surface area (Å²) in [6, 6.07) is 9.76. The number of hydrogen-bond acceptors (Lipinski definition) is 3. The van der Waals surface area contributed by atoms with E-state index in [1.807, 2.05) is 37.3 Å². The van der Waals surface area contributed by atoms with Crippen molar-refractivity contribution in [3.8, 4) is 0 Å². The summed E-state index contributed by atoms with van der Waals surface area (Å²) < 4.78 is 0.982. The Bertz CT molecular complexity index is 599. The van der Waals surface area contributed by atoms with Crippen LogP contribution >= 0.6 is 27.7 Å². The van der Waals surface area contributed by atoms with Crippen LogP contribution in [0.2, 0.25) is 0 Å². The van der Waals surface area contributed by atoms with Crippen molar-refractivity contribution in [3.05, 3.63) is 46.6 Å². The minimum atomic E-state index is -0.0641. The highest BCUT2D eigenvalue weighted by molar-refractivity contribution is 9.10. The number of pyridine rings is 1. The largest absolute Gasteiger partial charge is 0.326 e. The molecule has 2 aromatic rings. The summed E-state index contributed by atoms with van der Waals surface area (Å²) in [6.45, 7) is 3.53. The van der Waals surface area contributed by atoms with Gasteiger partial charge in [0.15, 0.2) is 0 Å². The smallest absolute Gasteiger partial charge is 0.221 e. The number of nitrogens with zero attached hydrogens (tertiary/aromatic N) is 1. The van der Waals surface area contributed by atoms with Gasteiger partial charge in [-0.25, -0.2) is 4.98 Å². The van der Waals surface area contributed by atoms with Gasteiger partial charge in [0.25, 0.3) is 0 Å². The van der Waals surface area contributed by atoms with E-state index in [2.05, 4.69) is 26.2 Å². The fourth-order valence-corrected chi connectivity index (χ4v) is 2.82. The van der Waals surface area contributed by atoms with E-state index in [4.69, 9.17) is 0 Å². The van der Waals surface area contributed by atoms with E-state index in [0.717, 1.165) is 25.6 Å². The van der Waals surface area contributed by atoms with Crippen molar-refractivity contribution in [2.45, 2.75) is 23.8 Å². The van der Waals surface area contributed by atoms with Gasteiger partial charge in [0.1, 0.15) is 5.03 Å². The van der Waals surface area contributed by atoms with E-state index < -0.39 is 0 Å².